The summed E-state index contributed by atoms with van der Waals surface area (Å²) in [4.78, 5) is 62.1. The van der Waals surface area contributed by atoms with Gasteiger partial charge in [0, 0.05) is 27.9 Å². The van der Waals surface area contributed by atoms with Gasteiger partial charge in [0.15, 0.2) is 21.0 Å². The molecular formula is C44H39BrLiN7O12S4. The second-order valence-electron chi connectivity index (χ2n) is 11.8. The molecule has 4 aromatic carbocycles. The van der Waals surface area contributed by atoms with Gasteiger partial charge in [-0.2, -0.15) is 15.0 Å². The van der Waals surface area contributed by atoms with Gasteiger partial charge < -0.3 is 39.4 Å². The molecule has 0 unspecified atom stereocenters. The van der Waals surface area contributed by atoms with Crippen molar-refractivity contribution in [3.8, 4) is 38.6 Å². The van der Waals surface area contributed by atoms with E-state index in [0.717, 1.165) is 22.7 Å². The van der Waals surface area contributed by atoms with Crippen LogP contribution in [0, 0.1) is 0 Å². The number of rotatable bonds is 12. The number of azide groups is 1. The number of phenolic OH excluding ortho intramolecular Hbond substituents is 1. The minimum Gasteiger partial charge on any atom is -0.870 e. The number of hydrogen-bond donors (Lipinski definition) is 2. The molecule has 4 heterocycles. The number of aromatic nitrogens is 4. The van der Waals surface area contributed by atoms with Gasteiger partial charge in [0.25, 0.3) is 21.5 Å². The zero-order valence-electron chi connectivity index (χ0n) is 36.4. The maximum absolute atomic E-state index is 11.4. The molecule has 0 aliphatic heterocycles. The van der Waals surface area contributed by atoms with E-state index < -0.39 is 17.8 Å². The van der Waals surface area contributed by atoms with Crippen molar-refractivity contribution in [3.63, 3.8) is 0 Å². The summed E-state index contributed by atoms with van der Waals surface area (Å²) in [5.41, 5.74) is 8.85. The largest absolute Gasteiger partial charge is 1.00 e. The molecule has 0 atom stereocenters. The summed E-state index contributed by atoms with van der Waals surface area (Å²) in [5, 5.41) is 27.5. The van der Waals surface area contributed by atoms with Crippen LogP contribution in [0.1, 0.15) is 57.2 Å². The van der Waals surface area contributed by atoms with Crippen molar-refractivity contribution in [2.45, 2.75) is 13.8 Å². The van der Waals surface area contributed by atoms with Crippen LogP contribution in [0.15, 0.2) is 152 Å². The Hall–Kier alpha value is -6.97. The van der Waals surface area contributed by atoms with Crippen molar-refractivity contribution in [1.82, 2.24) is 19.9 Å². The molecule has 0 bridgehead atoms. The van der Waals surface area contributed by atoms with Gasteiger partial charge in [0.1, 0.15) is 28.7 Å². The van der Waals surface area contributed by atoms with Crippen molar-refractivity contribution in [2.75, 3.05) is 13.2 Å². The van der Waals surface area contributed by atoms with Gasteiger partial charge in [-0.3, -0.25) is 4.79 Å². The van der Waals surface area contributed by atoms with Crippen molar-refractivity contribution in [3.05, 3.63) is 180 Å². The molecule has 354 valence electrons. The second-order valence-corrected chi connectivity index (χ2v) is 16.4. The first-order valence-electron chi connectivity index (χ1n) is 19.0. The third-order valence-corrected chi connectivity index (χ3v) is 10.6. The molecule has 8 rings (SSSR count). The fourth-order valence-electron chi connectivity index (χ4n) is 4.25. The molecule has 69 heavy (non-hydrogen) atoms. The van der Waals surface area contributed by atoms with Crippen molar-refractivity contribution < 1.29 is 78.8 Å². The number of carboxylic acid groups (broad SMARTS) is 1. The number of amides is 1. The Bertz CT molecular complexity index is 2810. The Morgan fingerprint density at radius 1 is 0.594 bits per heavy atom. The summed E-state index contributed by atoms with van der Waals surface area (Å²) >= 11 is 8.10. The van der Waals surface area contributed by atoms with Crippen LogP contribution in [0.2, 0.25) is 0 Å². The maximum Gasteiger partial charge on any atom is 1.00 e. The van der Waals surface area contributed by atoms with Gasteiger partial charge >= 0.3 is 36.8 Å². The van der Waals surface area contributed by atoms with Crippen LogP contribution in [0.25, 0.3) is 10.4 Å². The van der Waals surface area contributed by atoms with E-state index in [-0.39, 0.29) is 48.8 Å². The fourth-order valence-corrected chi connectivity index (χ4v) is 7.21. The smallest absolute Gasteiger partial charge is 0.870 e. The number of hydrogen-bond acceptors (Lipinski definition) is 19. The summed E-state index contributed by atoms with van der Waals surface area (Å²) in [6, 6.07) is 36.2. The Morgan fingerprint density at radius 3 is 1.28 bits per heavy atom. The van der Waals surface area contributed by atoms with Crippen LogP contribution < -0.4 is 33.1 Å². The normalized spacial score (nSPS) is 9.32. The topological polar surface area (TPSA) is 285 Å². The molecule has 0 aliphatic rings. The minimum absolute atomic E-state index is 0. The SMILES string of the molecule is CCOC(=O)c1csc(Br)n1.CCOC(=O)c1csc(Oc2ccccc2)n1.O=C(O)c1csc(Oc2ccccc2)n1.Oc1ccccc1.[2HH].[Li+].[N-]=[N+]=NC(=O)c1csc(Oc2ccccc2)n1.[OH-]. The van der Waals surface area contributed by atoms with Crippen molar-refractivity contribution in [2.24, 2.45) is 5.11 Å². The van der Waals surface area contributed by atoms with Crippen LogP contribution in [-0.4, -0.2) is 72.7 Å². The van der Waals surface area contributed by atoms with E-state index in [2.05, 4.69) is 45.9 Å². The number of nitrogens with zero attached hydrogens (tertiary/aromatic N) is 7. The quantitative estimate of drug-likeness (QED) is 0.0378. The number of aromatic carboxylic acids is 1. The third-order valence-electron chi connectivity index (χ3n) is 7.07. The molecule has 19 nitrogen and oxygen atoms in total. The molecule has 0 saturated heterocycles. The van der Waals surface area contributed by atoms with E-state index in [1.165, 1.54) is 33.4 Å². The summed E-state index contributed by atoms with van der Waals surface area (Å²) in [6.07, 6.45) is 0. The number of benzene rings is 4. The predicted octanol–water partition coefficient (Wildman–Crippen LogP) is 9.68. The number of phenols is 1. The maximum atomic E-state index is 11.4. The van der Waals surface area contributed by atoms with E-state index in [1.54, 1.807) is 73.1 Å². The number of para-hydroxylation sites is 4. The van der Waals surface area contributed by atoms with E-state index in [1.807, 2.05) is 72.8 Å². The van der Waals surface area contributed by atoms with Gasteiger partial charge in [-0.25, -0.2) is 19.4 Å². The summed E-state index contributed by atoms with van der Waals surface area (Å²) in [6.45, 7) is 4.24. The van der Waals surface area contributed by atoms with Crippen molar-refractivity contribution >= 4 is 85.1 Å². The van der Waals surface area contributed by atoms with E-state index in [4.69, 9.17) is 39.4 Å². The number of carbonyl (C=O) groups excluding carboxylic acids is 3. The standard InChI is InChI=1S/C12H11NO3S.C10H6N4O2S.C10H7NO3S.C6H6BrNO2S.C6H6O.Li.H2O.H2/c1-2-15-11(14)10-8-17-12(13-10)16-9-6-4-3-5-7-9;11-14-13-9(15)8-6-17-10(12-8)16-7-4-2-1-3-5-7;12-9(13)8-6-15-10(11-8)14-7-4-2-1-3-5-7;1-2-10-5(9)4-3-11-6(7)8-4;7-6-4-2-1-3-5-6;;;/h3-8H,2H2,1H3;1-6H;1-6H,(H,12,13);3H,2H2,1H3;1-5,7H;;1H2;1H/q;;;;;+1;;/p-1/i;;;;;;;1+1. The molecule has 0 saturated carbocycles. The van der Waals surface area contributed by atoms with Gasteiger partial charge in [0.05, 0.1) is 13.2 Å². The first kappa shape index (κ1) is 58.2. The molecular weight excluding hydrogens is 1030 g/mol. The van der Waals surface area contributed by atoms with Gasteiger partial charge in [-0.05, 0) is 89.0 Å². The third kappa shape index (κ3) is 22.1. The fraction of sp³-hybridized carbons (Fsp3) is 0.0909. The zero-order valence-corrected chi connectivity index (χ0v) is 41.3. The molecule has 0 radical (unpaired) electrons. The van der Waals surface area contributed by atoms with Crippen LogP contribution in [0.3, 0.4) is 0 Å². The van der Waals surface area contributed by atoms with Crippen LogP contribution in [0.5, 0.6) is 38.6 Å². The molecule has 0 spiro atoms. The number of carboxylic acids is 1. The molecule has 25 heteroatoms. The molecule has 1 amide bonds. The number of carbonyl (C=O) groups is 4. The first-order chi connectivity index (χ1) is 32.5. The summed E-state index contributed by atoms with van der Waals surface area (Å²) in [5.74, 6) is -0.268. The minimum atomic E-state index is -1.05. The number of thiazole rings is 4. The Labute approximate surface area is 431 Å². The monoisotopic (exact) mass is 1070 g/mol. The zero-order chi connectivity index (χ0) is 48.2. The molecule has 4 aromatic heterocycles. The number of aromatic hydroxyl groups is 1. The molecule has 0 aliphatic carbocycles. The van der Waals surface area contributed by atoms with Gasteiger partial charge in [0.2, 0.25) is 0 Å². The Kier molecular flexibility index (Phi) is 27.5. The number of halogens is 1. The summed E-state index contributed by atoms with van der Waals surface area (Å²) < 4.78 is 26.5. The molecule has 3 N–H and O–H groups in total. The van der Waals surface area contributed by atoms with Crippen molar-refractivity contribution in [1.29, 1.82) is 0 Å². The van der Waals surface area contributed by atoms with Gasteiger partial charge in [-0.1, -0.05) is 107 Å². The Balaban J connectivity index is 0.000000444. The second kappa shape index (κ2) is 32.7. The van der Waals surface area contributed by atoms with E-state index in [0.29, 0.717) is 61.4 Å². The van der Waals surface area contributed by atoms with E-state index in [9.17, 15) is 19.2 Å². The van der Waals surface area contributed by atoms with Crippen LogP contribution in [-0.2, 0) is 9.47 Å². The molecule has 0 fully saturated rings. The van der Waals surface area contributed by atoms with Crippen LogP contribution in [0.4, 0.5) is 0 Å². The molecule has 8 aromatic rings. The van der Waals surface area contributed by atoms with Crippen LogP contribution >= 0.6 is 61.3 Å². The first-order valence-corrected chi connectivity index (χ1v) is 23.4. The number of esters is 2. The van der Waals surface area contributed by atoms with Gasteiger partial charge in [-0.15, -0.1) is 11.3 Å². The summed E-state index contributed by atoms with van der Waals surface area (Å²) in [7, 11) is 0. The number of ether oxygens (including phenoxy) is 5. The van der Waals surface area contributed by atoms with E-state index >= 15 is 0 Å². The average molecular weight is 1070 g/mol. The average Bonchev–Trinajstić information content (AvgIpc) is 4.19. The Morgan fingerprint density at radius 2 is 0.942 bits per heavy atom. The predicted molar refractivity (Wildman–Crippen MR) is 260 cm³/mol.